The van der Waals surface area contributed by atoms with Gasteiger partial charge in [0.1, 0.15) is 23.0 Å². The van der Waals surface area contributed by atoms with Crippen LogP contribution in [0, 0.1) is 0 Å². The Labute approximate surface area is 236 Å². The maximum absolute atomic E-state index is 6.50. The number of rotatable bonds is 5. The molecule has 0 radical (unpaired) electrons. The van der Waals surface area contributed by atoms with Gasteiger partial charge in [-0.1, -0.05) is 60.7 Å². The first-order valence-electron chi connectivity index (χ1n) is 13.6. The molecule has 0 bridgehead atoms. The normalized spacial score (nSPS) is 11.4. The average Bonchev–Trinajstić information content (AvgIpc) is 3.43. The van der Waals surface area contributed by atoms with Gasteiger partial charge in [-0.3, -0.25) is 9.30 Å². The summed E-state index contributed by atoms with van der Waals surface area (Å²) in [6, 6.07) is 47.3. The minimum absolute atomic E-state index is 0.740. The number of fused-ring (bicyclic) bond motifs is 8. The van der Waals surface area contributed by atoms with Gasteiger partial charge in [0.2, 0.25) is 0 Å². The highest BCUT2D eigenvalue weighted by Crippen LogP contribution is 2.38. The topological polar surface area (TPSA) is 42.7 Å². The maximum Gasteiger partial charge on any atom is 0.146 e. The van der Waals surface area contributed by atoms with Crippen LogP contribution < -0.4 is 9.64 Å². The third-order valence-corrected chi connectivity index (χ3v) is 7.43. The number of anilines is 3. The van der Waals surface area contributed by atoms with Crippen LogP contribution in [0.3, 0.4) is 0 Å². The summed E-state index contributed by atoms with van der Waals surface area (Å²) in [5.74, 6) is 2.33. The molecule has 0 atom stereocenters. The number of pyridine rings is 2. The van der Waals surface area contributed by atoms with Crippen LogP contribution >= 0.6 is 0 Å². The molecule has 0 amide bonds. The lowest BCUT2D eigenvalue weighted by molar-refractivity contribution is 0.483. The zero-order valence-electron chi connectivity index (χ0n) is 22.1. The van der Waals surface area contributed by atoms with E-state index in [9.17, 15) is 0 Å². The third-order valence-electron chi connectivity index (χ3n) is 7.43. The van der Waals surface area contributed by atoms with Crippen LogP contribution in [0.25, 0.3) is 38.4 Å². The van der Waals surface area contributed by atoms with Gasteiger partial charge in [0.15, 0.2) is 0 Å². The Morgan fingerprint density at radius 3 is 2.17 bits per heavy atom. The van der Waals surface area contributed by atoms with Crippen molar-refractivity contribution < 1.29 is 4.74 Å². The van der Waals surface area contributed by atoms with E-state index in [-0.39, 0.29) is 0 Å². The predicted molar refractivity (Wildman–Crippen MR) is 167 cm³/mol. The second kappa shape index (κ2) is 9.50. The molecule has 5 aromatic carbocycles. The molecular formula is C36H24N4O. The Bertz CT molecular complexity index is 2150. The zero-order valence-corrected chi connectivity index (χ0v) is 22.1. The molecule has 0 unspecified atom stereocenters. The van der Waals surface area contributed by atoms with Gasteiger partial charge >= 0.3 is 0 Å². The molecule has 3 heterocycles. The van der Waals surface area contributed by atoms with Gasteiger partial charge in [-0.15, -0.1) is 0 Å². The average molecular weight is 529 g/mol. The van der Waals surface area contributed by atoms with Crippen molar-refractivity contribution in [1.82, 2.24) is 14.4 Å². The lowest BCUT2D eigenvalue weighted by atomic mass is 10.1. The van der Waals surface area contributed by atoms with E-state index in [1.165, 1.54) is 5.39 Å². The maximum atomic E-state index is 6.50. The van der Waals surface area contributed by atoms with Crippen LogP contribution in [0.4, 0.5) is 17.2 Å². The lowest BCUT2D eigenvalue weighted by Gasteiger charge is -2.24. The van der Waals surface area contributed by atoms with Crippen molar-refractivity contribution >= 4 is 55.5 Å². The molecule has 0 saturated carbocycles. The van der Waals surface area contributed by atoms with Crippen LogP contribution in [0.15, 0.2) is 146 Å². The van der Waals surface area contributed by atoms with Crippen LogP contribution in [0.2, 0.25) is 0 Å². The number of para-hydroxylation sites is 4. The molecule has 3 aromatic heterocycles. The molecule has 8 aromatic rings. The van der Waals surface area contributed by atoms with Crippen LogP contribution in [-0.2, 0) is 0 Å². The van der Waals surface area contributed by atoms with Gasteiger partial charge in [0, 0.05) is 28.7 Å². The third kappa shape index (κ3) is 3.95. The molecule has 0 fully saturated rings. The molecule has 5 heteroatoms. The largest absolute Gasteiger partial charge is 0.457 e. The molecule has 0 aliphatic heterocycles. The van der Waals surface area contributed by atoms with E-state index in [0.717, 1.165) is 61.7 Å². The molecule has 0 aliphatic rings. The van der Waals surface area contributed by atoms with E-state index >= 15 is 0 Å². The van der Waals surface area contributed by atoms with E-state index in [0.29, 0.717) is 0 Å². The summed E-state index contributed by atoms with van der Waals surface area (Å²) in [5.41, 5.74) is 6.11. The second-order valence-electron chi connectivity index (χ2n) is 9.94. The number of imidazole rings is 1. The van der Waals surface area contributed by atoms with Crippen molar-refractivity contribution in [3.05, 3.63) is 146 Å². The molecule has 0 saturated heterocycles. The highest BCUT2D eigenvalue weighted by Gasteiger charge is 2.16. The highest BCUT2D eigenvalue weighted by molar-refractivity contribution is 6.14. The minimum atomic E-state index is 0.740. The molecule has 0 aliphatic carbocycles. The summed E-state index contributed by atoms with van der Waals surface area (Å²) < 4.78 is 8.75. The smallest absolute Gasteiger partial charge is 0.146 e. The highest BCUT2D eigenvalue weighted by atomic mass is 16.5. The number of nitrogens with zero attached hydrogens (tertiary/aromatic N) is 4. The summed E-state index contributed by atoms with van der Waals surface area (Å²) in [6.45, 7) is 0. The summed E-state index contributed by atoms with van der Waals surface area (Å²) in [5, 5.41) is 3.38. The fourth-order valence-electron chi connectivity index (χ4n) is 5.65. The number of benzene rings is 5. The van der Waals surface area contributed by atoms with Crippen LogP contribution in [0.5, 0.6) is 11.5 Å². The Balaban J connectivity index is 1.25. The van der Waals surface area contributed by atoms with Crippen molar-refractivity contribution in [3.8, 4) is 11.5 Å². The summed E-state index contributed by atoms with van der Waals surface area (Å²) >= 11 is 0. The Kier molecular flexibility index (Phi) is 5.38. The standard InChI is InChI=1S/C36H24N4O/c1-2-11-25(12-3-1)39(35-19-8-9-22-37-35)26-13-10-14-27(23-26)41-28-20-21-29-30-15-4-6-17-33(30)40-34-18-7-5-16-32(34)38-36(40)31(29)24-28/h1-24H. The Hall–Kier alpha value is -5.68. The number of ether oxygens (including phenoxy) is 1. The van der Waals surface area contributed by atoms with Crippen LogP contribution in [-0.4, -0.2) is 14.4 Å². The SMILES string of the molecule is c1ccc(N(c2cccc(Oc3ccc4c5ccccc5n5c6ccccc6nc5c4c3)c2)c2ccccn2)cc1. The van der Waals surface area contributed by atoms with E-state index in [1.54, 1.807) is 0 Å². The van der Waals surface area contributed by atoms with Gasteiger partial charge in [-0.2, -0.15) is 0 Å². The van der Waals surface area contributed by atoms with Crippen molar-refractivity contribution in [3.63, 3.8) is 0 Å². The van der Waals surface area contributed by atoms with Gasteiger partial charge in [-0.05, 0) is 78.2 Å². The van der Waals surface area contributed by atoms with Crippen molar-refractivity contribution in [2.45, 2.75) is 0 Å². The van der Waals surface area contributed by atoms with Gasteiger partial charge < -0.3 is 4.74 Å². The van der Waals surface area contributed by atoms with Crippen molar-refractivity contribution in [1.29, 1.82) is 0 Å². The first-order valence-corrected chi connectivity index (χ1v) is 13.6. The van der Waals surface area contributed by atoms with Crippen molar-refractivity contribution in [2.75, 3.05) is 4.90 Å². The van der Waals surface area contributed by atoms with E-state index in [4.69, 9.17) is 9.72 Å². The number of hydrogen-bond donors (Lipinski definition) is 0. The monoisotopic (exact) mass is 528 g/mol. The second-order valence-corrected chi connectivity index (χ2v) is 9.94. The number of hydrogen-bond acceptors (Lipinski definition) is 4. The molecule has 0 spiro atoms. The molecule has 8 rings (SSSR count). The van der Waals surface area contributed by atoms with Gasteiger partial charge in [0.25, 0.3) is 0 Å². The van der Waals surface area contributed by atoms with Crippen molar-refractivity contribution in [2.24, 2.45) is 0 Å². The van der Waals surface area contributed by atoms with Gasteiger partial charge in [-0.25, -0.2) is 9.97 Å². The first kappa shape index (κ1) is 23.2. The fraction of sp³-hybridized carbons (Fsp3) is 0. The van der Waals surface area contributed by atoms with Gasteiger partial charge in [0.05, 0.1) is 22.2 Å². The number of aromatic nitrogens is 3. The predicted octanol–water partition coefficient (Wildman–Crippen LogP) is 9.45. The summed E-state index contributed by atoms with van der Waals surface area (Å²) in [4.78, 5) is 11.8. The summed E-state index contributed by atoms with van der Waals surface area (Å²) in [6.07, 6.45) is 1.81. The lowest BCUT2D eigenvalue weighted by Crippen LogP contribution is -2.11. The fourth-order valence-corrected chi connectivity index (χ4v) is 5.65. The Morgan fingerprint density at radius 2 is 1.29 bits per heavy atom. The molecule has 194 valence electrons. The molecule has 41 heavy (non-hydrogen) atoms. The Morgan fingerprint density at radius 1 is 0.537 bits per heavy atom. The quantitative estimate of drug-likeness (QED) is 0.209. The van der Waals surface area contributed by atoms with E-state index in [2.05, 4.69) is 87.1 Å². The molecule has 5 nitrogen and oxygen atoms in total. The van der Waals surface area contributed by atoms with Crippen LogP contribution in [0.1, 0.15) is 0 Å². The molecular weight excluding hydrogens is 504 g/mol. The minimum Gasteiger partial charge on any atom is -0.457 e. The van der Waals surface area contributed by atoms with E-state index in [1.807, 2.05) is 72.9 Å². The van der Waals surface area contributed by atoms with E-state index < -0.39 is 0 Å². The zero-order chi connectivity index (χ0) is 27.2. The summed E-state index contributed by atoms with van der Waals surface area (Å²) in [7, 11) is 0. The molecule has 0 N–H and O–H groups in total. The first-order chi connectivity index (χ1) is 20.3.